The molecule has 0 aliphatic heterocycles. The summed E-state index contributed by atoms with van der Waals surface area (Å²) in [5.74, 6) is -3.99. The fraction of sp³-hybridized carbons (Fsp3) is 0.318. The molecule has 0 aromatic heterocycles. The molecule has 0 radical (unpaired) electrons. The van der Waals surface area contributed by atoms with E-state index >= 15 is 0 Å². The van der Waals surface area contributed by atoms with Gasteiger partial charge in [0.15, 0.2) is 0 Å². The molecule has 33 heavy (non-hydrogen) atoms. The molecule has 0 fully saturated rings. The summed E-state index contributed by atoms with van der Waals surface area (Å²) in [6.45, 7) is 7.41. The van der Waals surface area contributed by atoms with Gasteiger partial charge in [-0.2, -0.15) is 0 Å². The average Bonchev–Trinajstić information content (AvgIpc) is 2.66. The number of carbonyl (C=O) groups excluding carboxylic acids is 3. The SMILES string of the molecule is Cc1c(-c2c(F)cccc2F)ccc([N+](=O)[O-])c1C(=O)NC(=O)C(C)NC(=O)OC(C)(C)C. The number of halogens is 2. The summed E-state index contributed by atoms with van der Waals surface area (Å²) in [4.78, 5) is 47.7. The first-order chi connectivity index (χ1) is 15.2. The summed E-state index contributed by atoms with van der Waals surface area (Å²) in [6.07, 6.45) is -0.906. The zero-order valence-corrected chi connectivity index (χ0v) is 18.6. The van der Waals surface area contributed by atoms with Crippen LogP contribution in [0.25, 0.3) is 11.1 Å². The summed E-state index contributed by atoms with van der Waals surface area (Å²) in [7, 11) is 0. The van der Waals surface area contributed by atoms with Gasteiger partial charge in [0, 0.05) is 6.07 Å². The minimum Gasteiger partial charge on any atom is -0.444 e. The highest BCUT2D eigenvalue weighted by Crippen LogP contribution is 2.34. The lowest BCUT2D eigenvalue weighted by Crippen LogP contribution is -2.48. The van der Waals surface area contributed by atoms with Crippen LogP contribution in [0, 0.1) is 28.7 Å². The van der Waals surface area contributed by atoms with Crippen molar-refractivity contribution in [3.63, 3.8) is 0 Å². The van der Waals surface area contributed by atoms with Gasteiger partial charge in [-0.1, -0.05) is 6.07 Å². The second kappa shape index (κ2) is 9.72. The maximum atomic E-state index is 14.3. The average molecular weight is 463 g/mol. The van der Waals surface area contributed by atoms with Crippen molar-refractivity contribution in [1.29, 1.82) is 0 Å². The molecule has 1 unspecified atom stereocenters. The Morgan fingerprint density at radius 3 is 2.18 bits per heavy atom. The lowest BCUT2D eigenvalue weighted by Gasteiger charge is -2.21. The van der Waals surface area contributed by atoms with Crippen molar-refractivity contribution < 1.29 is 32.8 Å². The molecule has 0 saturated carbocycles. The summed E-state index contributed by atoms with van der Waals surface area (Å²) >= 11 is 0. The van der Waals surface area contributed by atoms with Crippen LogP contribution in [0.15, 0.2) is 30.3 Å². The first-order valence-corrected chi connectivity index (χ1v) is 9.80. The van der Waals surface area contributed by atoms with Crippen LogP contribution in [0.1, 0.15) is 43.6 Å². The fourth-order valence-electron chi connectivity index (χ4n) is 2.99. The van der Waals surface area contributed by atoms with E-state index in [1.807, 2.05) is 5.32 Å². The summed E-state index contributed by atoms with van der Waals surface area (Å²) in [6, 6.07) is 3.99. The number of nitrogens with one attached hydrogen (secondary N) is 2. The minimum atomic E-state index is -1.23. The van der Waals surface area contributed by atoms with Crippen LogP contribution in [0.5, 0.6) is 0 Å². The molecule has 0 bridgehead atoms. The van der Waals surface area contributed by atoms with Crippen LogP contribution in [0.4, 0.5) is 19.3 Å². The molecular weight excluding hydrogens is 440 g/mol. The molecule has 2 rings (SSSR count). The van der Waals surface area contributed by atoms with E-state index in [4.69, 9.17) is 4.74 Å². The first kappa shape index (κ1) is 25.4. The Morgan fingerprint density at radius 2 is 1.67 bits per heavy atom. The van der Waals surface area contributed by atoms with E-state index in [2.05, 4.69) is 5.32 Å². The number of nitro groups is 1. The van der Waals surface area contributed by atoms with Crippen molar-refractivity contribution in [2.75, 3.05) is 0 Å². The molecule has 0 aliphatic carbocycles. The Bertz CT molecular complexity index is 1110. The molecular formula is C22H23F2N3O6. The van der Waals surface area contributed by atoms with Gasteiger partial charge in [0.25, 0.3) is 11.6 Å². The molecule has 2 aromatic rings. The first-order valence-electron chi connectivity index (χ1n) is 9.80. The molecule has 0 spiro atoms. The number of ether oxygens (including phenoxy) is 1. The van der Waals surface area contributed by atoms with E-state index in [-0.39, 0.29) is 11.1 Å². The second-order valence-electron chi connectivity index (χ2n) is 8.17. The van der Waals surface area contributed by atoms with Gasteiger partial charge in [-0.3, -0.25) is 25.0 Å². The van der Waals surface area contributed by atoms with Gasteiger partial charge < -0.3 is 10.1 Å². The van der Waals surface area contributed by atoms with Gasteiger partial charge in [0.1, 0.15) is 28.8 Å². The summed E-state index contributed by atoms with van der Waals surface area (Å²) < 4.78 is 33.6. The normalized spacial score (nSPS) is 12.0. The maximum absolute atomic E-state index is 14.3. The third-order valence-electron chi connectivity index (χ3n) is 4.46. The zero-order valence-electron chi connectivity index (χ0n) is 18.6. The van der Waals surface area contributed by atoms with Crippen LogP contribution in [-0.4, -0.2) is 34.5 Å². The van der Waals surface area contributed by atoms with Crippen molar-refractivity contribution in [1.82, 2.24) is 10.6 Å². The predicted octanol–water partition coefficient (Wildman–Crippen LogP) is 4.02. The Kier molecular flexibility index (Phi) is 7.47. The lowest BCUT2D eigenvalue weighted by atomic mass is 9.94. The van der Waals surface area contributed by atoms with Crippen LogP contribution < -0.4 is 10.6 Å². The molecule has 1 atom stereocenters. The van der Waals surface area contributed by atoms with E-state index < -0.39 is 62.9 Å². The smallest absolute Gasteiger partial charge is 0.408 e. The third kappa shape index (κ3) is 6.09. The lowest BCUT2D eigenvalue weighted by molar-refractivity contribution is -0.385. The topological polar surface area (TPSA) is 128 Å². The number of nitrogens with zero attached hydrogens (tertiary/aromatic N) is 1. The van der Waals surface area contributed by atoms with Gasteiger partial charge >= 0.3 is 6.09 Å². The third-order valence-corrected chi connectivity index (χ3v) is 4.46. The fourth-order valence-corrected chi connectivity index (χ4v) is 2.99. The number of carbonyl (C=O) groups is 3. The standard InChI is InChI=1S/C22H23F2N3O6/c1-11-13(18-14(23)7-6-8-15(18)24)9-10-16(27(31)32)17(11)20(29)26-19(28)12(2)25-21(30)33-22(3,4)5/h6-10,12H,1-5H3,(H,25,30)(H,26,28,29). The molecule has 9 nitrogen and oxygen atoms in total. The number of alkyl carbamates (subject to hydrolysis) is 1. The number of amides is 3. The highest BCUT2D eigenvalue weighted by Gasteiger charge is 2.29. The van der Waals surface area contributed by atoms with Crippen LogP contribution >= 0.6 is 0 Å². The van der Waals surface area contributed by atoms with Crippen molar-refractivity contribution >= 4 is 23.6 Å². The summed E-state index contributed by atoms with van der Waals surface area (Å²) in [5.41, 5.74) is -2.69. The van der Waals surface area contributed by atoms with Gasteiger partial charge in [-0.25, -0.2) is 13.6 Å². The Balaban J connectivity index is 2.38. The van der Waals surface area contributed by atoms with Crippen molar-refractivity contribution in [3.05, 3.63) is 63.2 Å². The van der Waals surface area contributed by atoms with E-state index in [0.29, 0.717) is 0 Å². The zero-order chi connectivity index (χ0) is 25.1. The number of hydrogen-bond donors (Lipinski definition) is 2. The van der Waals surface area contributed by atoms with Gasteiger partial charge in [0.2, 0.25) is 5.91 Å². The van der Waals surface area contributed by atoms with E-state index in [1.54, 1.807) is 20.8 Å². The molecule has 3 amide bonds. The van der Waals surface area contributed by atoms with E-state index in [9.17, 15) is 33.3 Å². The second-order valence-corrected chi connectivity index (χ2v) is 8.17. The molecule has 0 saturated heterocycles. The van der Waals surface area contributed by atoms with Crippen LogP contribution in [0.2, 0.25) is 0 Å². The largest absolute Gasteiger partial charge is 0.444 e. The van der Waals surface area contributed by atoms with Crippen molar-refractivity contribution in [2.45, 2.75) is 46.3 Å². The van der Waals surface area contributed by atoms with E-state index in [0.717, 1.165) is 30.3 Å². The minimum absolute atomic E-state index is 0.0891. The molecule has 2 N–H and O–H groups in total. The Hall–Kier alpha value is -3.89. The van der Waals surface area contributed by atoms with Gasteiger partial charge in [-0.15, -0.1) is 0 Å². The number of imide groups is 1. The molecule has 0 aliphatic rings. The Morgan fingerprint density at radius 1 is 1.09 bits per heavy atom. The van der Waals surface area contributed by atoms with Gasteiger partial charge in [0.05, 0.1) is 10.5 Å². The molecule has 11 heteroatoms. The van der Waals surface area contributed by atoms with Crippen molar-refractivity contribution in [2.24, 2.45) is 0 Å². The number of rotatable bonds is 5. The van der Waals surface area contributed by atoms with Crippen LogP contribution in [-0.2, 0) is 9.53 Å². The highest BCUT2D eigenvalue weighted by molar-refractivity contribution is 6.10. The number of nitro benzene ring substituents is 1. The number of hydrogen-bond acceptors (Lipinski definition) is 6. The molecule has 2 aromatic carbocycles. The molecule has 176 valence electrons. The quantitative estimate of drug-likeness (QED) is 0.509. The highest BCUT2D eigenvalue weighted by atomic mass is 19.1. The van der Waals surface area contributed by atoms with Crippen molar-refractivity contribution in [3.8, 4) is 11.1 Å². The van der Waals surface area contributed by atoms with E-state index in [1.165, 1.54) is 13.8 Å². The van der Waals surface area contributed by atoms with Crippen LogP contribution in [0.3, 0.4) is 0 Å². The summed E-state index contributed by atoms with van der Waals surface area (Å²) in [5, 5.41) is 15.7. The monoisotopic (exact) mass is 463 g/mol. The molecule has 0 heterocycles. The van der Waals surface area contributed by atoms with Gasteiger partial charge in [-0.05, 0) is 63.9 Å². The number of benzene rings is 2. The maximum Gasteiger partial charge on any atom is 0.408 e. The Labute approximate surface area is 188 Å². The predicted molar refractivity (Wildman–Crippen MR) is 114 cm³/mol.